The Morgan fingerprint density at radius 3 is 2.11 bits per heavy atom. The van der Waals surface area contributed by atoms with Crippen LogP contribution in [-0.2, 0) is 10.2 Å². The fourth-order valence-electron chi connectivity index (χ4n) is 3.29. The van der Waals surface area contributed by atoms with E-state index in [1.807, 2.05) is 29.2 Å². The summed E-state index contributed by atoms with van der Waals surface area (Å²) in [7, 11) is 0. The second-order valence-corrected chi connectivity index (χ2v) is 8.17. The predicted octanol–water partition coefficient (Wildman–Crippen LogP) is 3.09. The lowest BCUT2D eigenvalue weighted by molar-refractivity contribution is -0.131. The maximum atomic E-state index is 12.5. The van der Waals surface area contributed by atoms with Gasteiger partial charge in [0.2, 0.25) is 11.9 Å². The first kappa shape index (κ1) is 20.0. The van der Waals surface area contributed by atoms with Gasteiger partial charge in [-0.2, -0.15) is 0 Å². The van der Waals surface area contributed by atoms with E-state index in [0.717, 1.165) is 0 Å². The minimum absolute atomic E-state index is 0.0186. The molecule has 3 rings (SSSR count). The Morgan fingerprint density at radius 1 is 0.929 bits per heavy atom. The lowest BCUT2D eigenvalue weighted by atomic mass is 9.86. The van der Waals surface area contributed by atoms with Crippen LogP contribution >= 0.6 is 0 Å². The number of rotatable bonds is 5. The monoisotopic (exact) mass is 380 g/mol. The normalized spacial score (nSPS) is 14.8. The van der Waals surface area contributed by atoms with Gasteiger partial charge in [-0.05, 0) is 17.0 Å². The number of hydrogen-bond acceptors (Lipinski definition) is 5. The van der Waals surface area contributed by atoms with Crippen molar-refractivity contribution in [2.75, 3.05) is 31.1 Å². The molecule has 6 nitrogen and oxygen atoms in total. The highest BCUT2D eigenvalue weighted by Gasteiger charge is 2.23. The average Bonchev–Trinajstić information content (AvgIpc) is 2.72. The van der Waals surface area contributed by atoms with Gasteiger partial charge < -0.3 is 9.80 Å². The van der Waals surface area contributed by atoms with Gasteiger partial charge >= 0.3 is 0 Å². The molecule has 1 fully saturated rings. The molecule has 6 heteroatoms. The molecule has 1 aromatic carbocycles. The Labute approximate surface area is 166 Å². The quantitative estimate of drug-likeness (QED) is 0.746. The Hall–Kier alpha value is -2.76. The van der Waals surface area contributed by atoms with E-state index in [2.05, 4.69) is 35.6 Å². The van der Waals surface area contributed by atoms with Crippen LogP contribution in [0.1, 0.15) is 49.5 Å². The molecular formula is C22H28N4O2. The van der Waals surface area contributed by atoms with Crippen molar-refractivity contribution >= 4 is 17.6 Å². The summed E-state index contributed by atoms with van der Waals surface area (Å²) < 4.78 is 0. The molecule has 1 aliphatic heterocycles. The number of benzene rings is 1. The molecule has 28 heavy (non-hydrogen) atoms. The van der Waals surface area contributed by atoms with Crippen LogP contribution in [0.2, 0.25) is 0 Å². The molecule has 1 amide bonds. The van der Waals surface area contributed by atoms with Crippen LogP contribution in [-0.4, -0.2) is 52.7 Å². The highest BCUT2D eigenvalue weighted by molar-refractivity contribution is 5.98. The van der Waals surface area contributed by atoms with Crippen molar-refractivity contribution < 1.29 is 9.59 Å². The van der Waals surface area contributed by atoms with E-state index < -0.39 is 0 Å². The van der Waals surface area contributed by atoms with E-state index in [4.69, 9.17) is 0 Å². The van der Waals surface area contributed by atoms with E-state index in [-0.39, 0.29) is 29.9 Å². The number of hydrogen-bond donors (Lipinski definition) is 0. The molecule has 2 heterocycles. The van der Waals surface area contributed by atoms with Crippen LogP contribution < -0.4 is 4.90 Å². The molecule has 0 N–H and O–H groups in total. The second-order valence-electron chi connectivity index (χ2n) is 8.17. The number of anilines is 1. The summed E-state index contributed by atoms with van der Waals surface area (Å²) >= 11 is 0. The zero-order valence-corrected chi connectivity index (χ0v) is 16.9. The lowest BCUT2D eigenvalue weighted by Gasteiger charge is -2.34. The summed E-state index contributed by atoms with van der Waals surface area (Å²) in [4.78, 5) is 37.3. The van der Waals surface area contributed by atoms with Crippen molar-refractivity contribution in [3.63, 3.8) is 0 Å². The standard InChI is InChI=1S/C22H28N4O2/c1-22(2,3)18-7-5-17(6-8-18)19(27)9-10-20(28)25-13-15-26(16-14-25)21-23-11-4-12-24-21/h4-8,11-12H,9-10,13-16H2,1-3H3. The Bertz CT molecular complexity index is 805. The molecule has 0 unspecified atom stereocenters. The number of piperazine rings is 1. The first-order valence-corrected chi connectivity index (χ1v) is 9.78. The summed E-state index contributed by atoms with van der Waals surface area (Å²) in [5, 5.41) is 0. The van der Waals surface area contributed by atoms with Crippen molar-refractivity contribution in [3.05, 3.63) is 53.9 Å². The number of nitrogens with zero attached hydrogens (tertiary/aromatic N) is 4. The maximum Gasteiger partial charge on any atom is 0.225 e. The molecule has 0 aliphatic carbocycles. The van der Waals surface area contributed by atoms with E-state index in [0.29, 0.717) is 37.7 Å². The van der Waals surface area contributed by atoms with Crippen molar-refractivity contribution in [1.29, 1.82) is 0 Å². The summed E-state index contributed by atoms with van der Waals surface area (Å²) in [6.45, 7) is 9.11. The summed E-state index contributed by atoms with van der Waals surface area (Å²) in [6.07, 6.45) is 3.94. The molecule has 1 aromatic heterocycles. The van der Waals surface area contributed by atoms with Crippen LogP contribution in [0, 0.1) is 0 Å². The number of carbonyl (C=O) groups excluding carboxylic acids is 2. The molecule has 0 saturated carbocycles. The van der Waals surface area contributed by atoms with Crippen LogP contribution in [0.3, 0.4) is 0 Å². The second kappa shape index (κ2) is 8.50. The van der Waals surface area contributed by atoms with Crippen LogP contribution in [0.15, 0.2) is 42.7 Å². The Kier molecular flexibility index (Phi) is 6.07. The fourth-order valence-corrected chi connectivity index (χ4v) is 3.29. The number of aromatic nitrogens is 2. The third kappa shape index (κ3) is 4.94. The molecule has 1 saturated heterocycles. The van der Waals surface area contributed by atoms with Gasteiger partial charge in [0.25, 0.3) is 0 Å². The van der Waals surface area contributed by atoms with Gasteiger partial charge in [0.1, 0.15) is 0 Å². The van der Waals surface area contributed by atoms with Crippen molar-refractivity contribution in [2.45, 2.75) is 39.0 Å². The number of Topliss-reactive ketones (excluding diaryl/α,β-unsaturated/α-hetero) is 1. The van der Waals surface area contributed by atoms with E-state index in [9.17, 15) is 9.59 Å². The number of ketones is 1. The highest BCUT2D eigenvalue weighted by atomic mass is 16.2. The first-order chi connectivity index (χ1) is 13.3. The van der Waals surface area contributed by atoms with Crippen molar-refractivity contribution in [1.82, 2.24) is 14.9 Å². The smallest absolute Gasteiger partial charge is 0.225 e. The summed E-state index contributed by atoms with van der Waals surface area (Å²) in [6, 6.07) is 9.52. The predicted molar refractivity (Wildman–Crippen MR) is 110 cm³/mol. The van der Waals surface area contributed by atoms with Gasteiger partial charge in [-0.25, -0.2) is 9.97 Å². The molecule has 0 bridgehead atoms. The molecule has 2 aromatic rings. The SMILES string of the molecule is CC(C)(C)c1ccc(C(=O)CCC(=O)N2CCN(c3ncccn3)CC2)cc1. The zero-order valence-electron chi connectivity index (χ0n) is 16.9. The summed E-state index contributed by atoms with van der Waals surface area (Å²) in [5.41, 5.74) is 1.93. The third-order valence-electron chi connectivity index (χ3n) is 5.11. The third-order valence-corrected chi connectivity index (χ3v) is 5.11. The van der Waals surface area contributed by atoms with Gasteiger partial charge in [0, 0.05) is 57.0 Å². The van der Waals surface area contributed by atoms with Crippen LogP contribution in [0.5, 0.6) is 0 Å². The molecule has 0 spiro atoms. The van der Waals surface area contributed by atoms with Crippen LogP contribution in [0.4, 0.5) is 5.95 Å². The maximum absolute atomic E-state index is 12.5. The summed E-state index contributed by atoms with van der Waals surface area (Å²) in [5.74, 6) is 0.752. The minimum Gasteiger partial charge on any atom is -0.339 e. The fraction of sp³-hybridized carbons (Fsp3) is 0.455. The van der Waals surface area contributed by atoms with Gasteiger partial charge in [-0.3, -0.25) is 9.59 Å². The molecule has 1 aliphatic rings. The van der Waals surface area contributed by atoms with E-state index >= 15 is 0 Å². The minimum atomic E-state index is 0.0186. The molecule has 0 radical (unpaired) electrons. The number of amides is 1. The molecular weight excluding hydrogens is 352 g/mol. The molecule has 148 valence electrons. The van der Waals surface area contributed by atoms with Gasteiger partial charge in [-0.1, -0.05) is 45.0 Å². The highest BCUT2D eigenvalue weighted by Crippen LogP contribution is 2.22. The van der Waals surface area contributed by atoms with Crippen molar-refractivity contribution in [3.8, 4) is 0 Å². The topological polar surface area (TPSA) is 66.4 Å². The Morgan fingerprint density at radius 2 is 1.54 bits per heavy atom. The van der Waals surface area contributed by atoms with Crippen LogP contribution in [0.25, 0.3) is 0 Å². The largest absolute Gasteiger partial charge is 0.339 e. The van der Waals surface area contributed by atoms with E-state index in [1.54, 1.807) is 18.5 Å². The zero-order chi connectivity index (χ0) is 20.1. The van der Waals surface area contributed by atoms with Gasteiger partial charge in [0.15, 0.2) is 5.78 Å². The average molecular weight is 380 g/mol. The van der Waals surface area contributed by atoms with Gasteiger partial charge in [-0.15, -0.1) is 0 Å². The van der Waals surface area contributed by atoms with E-state index in [1.165, 1.54) is 5.56 Å². The lowest BCUT2D eigenvalue weighted by Crippen LogP contribution is -2.49. The molecule has 0 atom stereocenters. The first-order valence-electron chi connectivity index (χ1n) is 9.78. The van der Waals surface area contributed by atoms with Gasteiger partial charge in [0.05, 0.1) is 0 Å². The Balaban J connectivity index is 1.47. The number of carbonyl (C=O) groups is 2. The van der Waals surface area contributed by atoms with Crippen molar-refractivity contribution in [2.24, 2.45) is 0 Å².